The van der Waals surface area contributed by atoms with Crippen molar-refractivity contribution in [2.24, 2.45) is 12.5 Å². The first-order valence-corrected chi connectivity index (χ1v) is 10.1. The fourth-order valence-electron chi connectivity index (χ4n) is 4.53. The molecule has 0 saturated carbocycles. The van der Waals surface area contributed by atoms with Crippen molar-refractivity contribution in [1.29, 1.82) is 0 Å². The van der Waals surface area contributed by atoms with E-state index in [2.05, 4.69) is 31.1 Å². The fraction of sp³-hybridized carbons (Fsp3) is 0.650. The summed E-state index contributed by atoms with van der Waals surface area (Å²) in [5, 5.41) is 4.25. The second kappa shape index (κ2) is 7.84. The molecule has 0 atom stereocenters. The molecule has 0 unspecified atom stereocenters. The summed E-state index contributed by atoms with van der Waals surface area (Å²) in [5.74, 6) is 0.319. The molecular weight excluding hydrogens is 340 g/mol. The average Bonchev–Trinajstić information content (AvgIpc) is 3.34. The largest absolute Gasteiger partial charge is 0.348 e. The summed E-state index contributed by atoms with van der Waals surface area (Å²) in [5.41, 5.74) is 2.74. The maximum absolute atomic E-state index is 12.4. The molecule has 2 fully saturated rings. The van der Waals surface area contributed by atoms with Crippen LogP contribution in [0.4, 0.5) is 0 Å². The highest BCUT2D eigenvalue weighted by molar-refractivity contribution is 5.77. The molecule has 0 aromatic carbocycles. The van der Waals surface area contributed by atoms with Crippen LogP contribution in [0.25, 0.3) is 0 Å². The van der Waals surface area contributed by atoms with E-state index in [9.17, 15) is 4.79 Å². The van der Waals surface area contributed by atoms with E-state index >= 15 is 0 Å². The number of nitrogens with zero attached hydrogens (tertiary/aromatic N) is 5. The minimum absolute atomic E-state index is 0.319. The van der Waals surface area contributed by atoms with Crippen LogP contribution < -0.4 is 0 Å². The van der Waals surface area contributed by atoms with Crippen LogP contribution in [-0.4, -0.2) is 68.2 Å². The zero-order chi connectivity index (χ0) is 18.7. The molecule has 27 heavy (non-hydrogen) atoms. The summed E-state index contributed by atoms with van der Waals surface area (Å²) in [4.78, 5) is 24.3. The smallest absolute Gasteiger partial charge is 0.222 e. The summed E-state index contributed by atoms with van der Waals surface area (Å²) in [6.07, 6.45) is 13.7. The van der Waals surface area contributed by atoms with Crippen molar-refractivity contribution in [3.63, 3.8) is 0 Å². The third-order valence-corrected chi connectivity index (χ3v) is 6.35. The SMILES string of the molecule is Cn1cc(CCN2CCC3(CCC(=O)N(CCc4cnc[nH]4)C3)CC2)cn1. The van der Waals surface area contributed by atoms with E-state index in [1.54, 1.807) is 6.33 Å². The van der Waals surface area contributed by atoms with E-state index in [0.717, 1.165) is 57.7 Å². The first kappa shape index (κ1) is 18.2. The summed E-state index contributed by atoms with van der Waals surface area (Å²) in [6.45, 7) is 5.11. The first-order valence-electron chi connectivity index (χ1n) is 10.1. The number of piperidine rings is 2. The number of hydrogen-bond donors (Lipinski definition) is 1. The van der Waals surface area contributed by atoms with Gasteiger partial charge in [-0.1, -0.05) is 0 Å². The summed E-state index contributed by atoms with van der Waals surface area (Å²) >= 11 is 0. The van der Waals surface area contributed by atoms with Crippen LogP contribution in [0.3, 0.4) is 0 Å². The van der Waals surface area contributed by atoms with Crippen molar-refractivity contribution in [3.8, 4) is 0 Å². The Balaban J connectivity index is 1.27. The van der Waals surface area contributed by atoms with Gasteiger partial charge in [-0.15, -0.1) is 0 Å². The lowest BCUT2D eigenvalue weighted by molar-refractivity contribution is -0.139. The van der Waals surface area contributed by atoms with E-state index in [4.69, 9.17) is 0 Å². The maximum Gasteiger partial charge on any atom is 0.222 e. The third-order valence-electron chi connectivity index (χ3n) is 6.35. The molecule has 2 aliphatic heterocycles. The van der Waals surface area contributed by atoms with Gasteiger partial charge in [-0.3, -0.25) is 9.48 Å². The summed E-state index contributed by atoms with van der Waals surface area (Å²) in [6, 6.07) is 0. The van der Waals surface area contributed by atoms with Crippen LogP contribution in [-0.2, 0) is 24.7 Å². The average molecular weight is 371 g/mol. The number of hydrogen-bond acceptors (Lipinski definition) is 4. The Kier molecular flexibility index (Phi) is 5.29. The normalized spacial score (nSPS) is 20.5. The highest BCUT2D eigenvalue weighted by Crippen LogP contribution is 2.40. The highest BCUT2D eigenvalue weighted by Gasteiger charge is 2.40. The summed E-state index contributed by atoms with van der Waals surface area (Å²) < 4.78 is 1.87. The van der Waals surface area contributed by atoms with Gasteiger partial charge in [-0.2, -0.15) is 5.10 Å². The molecule has 0 aliphatic carbocycles. The number of H-pyrrole nitrogens is 1. The van der Waals surface area contributed by atoms with Gasteiger partial charge in [0, 0.05) is 57.6 Å². The van der Waals surface area contributed by atoms with E-state index in [1.165, 1.54) is 18.4 Å². The lowest BCUT2D eigenvalue weighted by atomic mass is 9.72. The molecule has 1 N–H and O–H groups in total. The van der Waals surface area contributed by atoms with Gasteiger partial charge in [-0.25, -0.2) is 4.98 Å². The Labute approximate surface area is 160 Å². The maximum atomic E-state index is 12.4. The van der Waals surface area contributed by atoms with Crippen molar-refractivity contribution in [1.82, 2.24) is 29.5 Å². The van der Waals surface area contributed by atoms with Gasteiger partial charge < -0.3 is 14.8 Å². The van der Waals surface area contributed by atoms with Crippen LogP contribution >= 0.6 is 0 Å². The second-order valence-electron chi connectivity index (χ2n) is 8.26. The number of aromatic amines is 1. The molecular formula is C20H30N6O. The molecule has 4 rings (SSSR count). The van der Waals surface area contributed by atoms with Gasteiger partial charge in [0.25, 0.3) is 0 Å². The topological polar surface area (TPSA) is 70.1 Å². The number of rotatable bonds is 6. The number of carbonyl (C=O) groups excluding carboxylic acids is 1. The van der Waals surface area contributed by atoms with Gasteiger partial charge in [0.15, 0.2) is 0 Å². The van der Waals surface area contributed by atoms with Gasteiger partial charge >= 0.3 is 0 Å². The molecule has 2 aliphatic rings. The molecule has 7 heteroatoms. The molecule has 2 aromatic rings. The minimum atomic E-state index is 0.319. The third kappa shape index (κ3) is 4.40. The minimum Gasteiger partial charge on any atom is -0.348 e. The van der Waals surface area contributed by atoms with Gasteiger partial charge in [0.1, 0.15) is 0 Å². The summed E-state index contributed by atoms with van der Waals surface area (Å²) in [7, 11) is 1.97. The Morgan fingerprint density at radius 1 is 1.15 bits per heavy atom. The van der Waals surface area contributed by atoms with E-state index in [0.29, 0.717) is 17.7 Å². The van der Waals surface area contributed by atoms with Crippen molar-refractivity contribution in [2.75, 3.05) is 32.7 Å². The van der Waals surface area contributed by atoms with Crippen molar-refractivity contribution < 1.29 is 4.79 Å². The van der Waals surface area contributed by atoms with Crippen molar-refractivity contribution >= 4 is 5.91 Å². The zero-order valence-corrected chi connectivity index (χ0v) is 16.2. The monoisotopic (exact) mass is 370 g/mol. The molecule has 2 aromatic heterocycles. The van der Waals surface area contributed by atoms with Crippen LogP contribution in [0.15, 0.2) is 24.9 Å². The molecule has 146 valence electrons. The van der Waals surface area contributed by atoms with Crippen molar-refractivity contribution in [2.45, 2.75) is 38.5 Å². The predicted molar refractivity (Wildman–Crippen MR) is 103 cm³/mol. The van der Waals surface area contributed by atoms with E-state index in [-0.39, 0.29) is 0 Å². The van der Waals surface area contributed by atoms with Crippen LogP contribution in [0, 0.1) is 5.41 Å². The molecule has 4 heterocycles. The van der Waals surface area contributed by atoms with Gasteiger partial charge in [0.05, 0.1) is 12.5 Å². The lowest BCUT2D eigenvalue weighted by Crippen LogP contribution is -2.52. The number of carbonyl (C=O) groups is 1. The second-order valence-corrected chi connectivity index (χ2v) is 8.26. The highest BCUT2D eigenvalue weighted by atomic mass is 16.2. The molecule has 0 radical (unpaired) electrons. The van der Waals surface area contributed by atoms with Crippen LogP contribution in [0.5, 0.6) is 0 Å². The Bertz CT molecular complexity index is 744. The van der Waals surface area contributed by atoms with E-state index < -0.39 is 0 Å². The molecule has 0 bridgehead atoms. The number of nitrogens with one attached hydrogen (secondary N) is 1. The number of amides is 1. The standard InChI is InChI=1S/C20H30N6O/c1-24-14-17(12-23-24)3-8-25-10-6-20(7-11-25)5-2-19(27)26(15-20)9-4-18-13-21-16-22-18/h12-14,16H,2-11,15H2,1H3,(H,21,22). The van der Waals surface area contributed by atoms with Gasteiger partial charge in [-0.05, 0) is 49.8 Å². The number of likely N-dealkylation sites (tertiary alicyclic amines) is 2. The van der Waals surface area contributed by atoms with Gasteiger partial charge in [0.2, 0.25) is 5.91 Å². The zero-order valence-electron chi connectivity index (χ0n) is 16.2. The predicted octanol–water partition coefficient (Wildman–Crippen LogP) is 1.63. The van der Waals surface area contributed by atoms with E-state index in [1.807, 2.05) is 24.1 Å². The molecule has 2 saturated heterocycles. The Morgan fingerprint density at radius 2 is 2.00 bits per heavy atom. The fourth-order valence-corrected chi connectivity index (χ4v) is 4.53. The quantitative estimate of drug-likeness (QED) is 0.839. The van der Waals surface area contributed by atoms with Crippen LogP contribution in [0.1, 0.15) is 36.9 Å². The molecule has 1 spiro atoms. The Morgan fingerprint density at radius 3 is 2.70 bits per heavy atom. The molecule has 7 nitrogen and oxygen atoms in total. The van der Waals surface area contributed by atoms with Crippen molar-refractivity contribution in [3.05, 3.63) is 36.2 Å². The number of imidazole rings is 1. The number of aryl methyl sites for hydroxylation is 1. The lowest BCUT2D eigenvalue weighted by Gasteiger charge is -2.47. The molecule has 1 amide bonds. The van der Waals surface area contributed by atoms with Crippen LogP contribution in [0.2, 0.25) is 0 Å². The first-order chi connectivity index (χ1) is 13.1. The Hall–Kier alpha value is -2.15. The number of aromatic nitrogens is 4.